The lowest BCUT2D eigenvalue weighted by Gasteiger charge is -2.34. The normalized spacial score (nSPS) is 20.4. The van der Waals surface area contributed by atoms with E-state index in [0.29, 0.717) is 6.54 Å². The number of rotatable bonds is 5. The van der Waals surface area contributed by atoms with Crippen molar-refractivity contribution >= 4 is 21.8 Å². The minimum Gasteiger partial charge on any atom is -0.356 e. The van der Waals surface area contributed by atoms with Crippen LogP contribution in [0.3, 0.4) is 0 Å². The van der Waals surface area contributed by atoms with Crippen LogP contribution in [0.5, 0.6) is 0 Å². The van der Waals surface area contributed by atoms with Crippen LogP contribution in [0.25, 0.3) is 11.4 Å². The fourth-order valence-corrected chi connectivity index (χ4v) is 5.36. The van der Waals surface area contributed by atoms with Gasteiger partial charge in [0.25, 0.3) is 0 Å². The lowest BCUT2D eigenvalue weighted by molar-refractivity contribution is -0.124. The smallest absolute Gasteiger partial charge is 0.223 e. The highest BCUT2D eigenvalue weighted by Gasteiger charge is 2.44. The molecule has 0 bridgehead atoms. The first-order valence-electron chi connectivity index (χ1n) is 10.4. The van der Waals surface area contributed by atoms with Crippen LogP contribution in [0.4, 0.5) is 0 Å². The van der Waals surface area contributed by atoms with Crippen LogP contribution in [0.1, 0.15) is 43.2 Å². The topological polar surface area (TPSA) is 46.9 Å². The zero-order valence-electron chi connectivity index (χ0n) is 16.3. The highest BCUT2D eigenvalue weighted by Crippen LogP contribution is 2.48. The van der Waals surface area contributed by atoms with E-state index >= 15 is 0 Å². The molecule has 1 amide bonds. The second kappa shape index (κ2) is 7.45. The molecule has 3 aromatic rings. The van der Waals surface area contributed by atoms with Crippen molar-refractivity contribution < 1.29 is 4.79 Å². The van der Waals surface area contributed by atoms with Crippen molar-refractivity contribution in [3.05, 3.63) is 76.5 Å². The summed E-state index contributed by atoms with van der Waals surface area (Å²) in [6, 6.07) is 17.0. The molecule has 1 aliphatic heterocycles. The minimum absolute atomic E-state index is 0.193. The van der Waals surface area contributed by atoms with Gasteiger partial charge in [-0.3, -0.25) is 4.79 Å². The number of fused-ring (bicyclic) bond motifs is 3. The quantitative estimate of drug-likeness (QED) is 0.587. The Kier molecular flexibility index (Phi) is 4.78. The monoisotopic (exact) mass is 449 g/mol. The highest BCUT2D eigenvalue weighted by molar-refractivity contribution is 9.10. The Bertz CT molecular complexity index is 1040. The molecule has 29 heavy (non-hydrogen) atoms. The maximum absolute atomic E-state index is 12.6. The van der Waals surface area contributed by atoms with E-state index in [1.807, 2.05) is 6.20 Å². The lowest BCUT2D eigenvalue weighted by Crippen LogP contribution is -2.39. The molecular formula is C24H24BrN3O. The number of nitrogens with zero attached hydrogens (tertiary/aromatic N) is 2. The first-order valence-corrected chi connectivity index (χ1v) is 11.2. The van der Waals surface area contributed by atoms with Crippen LogP contribution in [-0.2, 0) is 10.3 Å². The van der Waals surface area contributed by atoms with Crippen molar-refractivity contribution in [3.63, 3.8) is 0 Å². The third kappa shape index (κ3) is 3.03. The Balaban J connectivity index is 1.53. The molecule has 2 aliphatic rings. The van der Waals surface area contributed by atoms with Crippen LogP contribution in [0.2, 0.25) is 0 Å². The number of carbonyl (C=O) groups excluding carboxylic acids is 1. The molecule has 0 spiro atoms. The number of imidazole rings is 1. The minimum atomic E-state index is -0.369. The van der Waals surface area contributed by atoms with Gasteiger partial charge in [0.15, 0.2) is 0 Å². The Labute approximate surface area is 179 Å². The third-order valence-corrected chi connectivity index (χ3v) is 7.03. The summed E-state index contributed by atoms with van der Waals surface area (Å²) < 4.78 is 3.34. The van der Waals surface area contributed by atoms with E-state index in [1.165, 1.54) is 29.5 Å². The van der Waals surface area contributed by atoms with Gasteiger partial charge >= 0.3 is 0 Å². The molecule has 1 fully saturated rings. The van der Waals surface area contributed by atoms with Gasteiger partial charge < -0.3 is 9.88 Å². The predicted octanol–water partition coefficient (Wildman–Crippen LogP) is 5.11. The van der Waals surface area contributed by atoms with Crippen molar-refractivity contribution in [1.29, 1.82) is 0 Å². The number of amides is 1. The summed E-state index contributed by atoms with van der Waals surface area (Å²) in [6.45, 7) is 0.636. The zero-order valence-corrected chi connectivity index (χ0v) is 17.9. The fraction of sp³-hybridized carbons (Fsp3) is 0.333. The van der Waals surface area contributed by atoms with E-state index < -0.39 is 0 Å². The van der Waals surface area contributed by atoms with Gasteiger partial charge in [-0.05, 0) is 42.5 Å². The molecule has 148 valence electrons. The molecule has 4 nitrogen and oxygen atoms in total. The van der Waals surface area contributed by atoms with Gasteiger partial charge in [0.1, 0.15) is 5.82 Å². The Morgan fingerprint density at radius 2 is 1.90 bits per heavy atom. The van der Waals surface area contributed by atoms with Gasteiger partial charge in [0.05, 0.1) is 5.54 Å². The van der Waals surface area contributed by atoms with E-state index in [-0.39, 0.29) is 17.4 Å². The van der Waals surface area contributed by atoms with Crippen LogP contribution in [-0.4, -0.2) is 22.0 Å². The number of carbonyl (C=O) groups is 1. The van der Waals surface area contributed by atoms with Crippen LogP contribution in [0.15, 0.2) is 65.4 Å². The SMILES string of the molecule is O=C(NCCC1(c2ccc(Br)cc2)c2ccccc2-c2nccn21)C1CCCC1. The molecule has 5 rings (SSSR count). The molecule has 5 heteroatoms. The van der Waals surface area contributed by atoms with Gasteiger partial charge in [-0.25, -0.2) is 4.98 Å². The molecule has 1 N–H and O–H groups in total. The highest BCUT2D eigenvalue weighted by atomic mass is 79.9. The number of halogens is 1. The summed E-state index contributed by atoms with van der Waals surface area (Å²) in [5.41, 5.74) is 3.26. The van der Waals surface area contributed by atoms with E-state index in [0.717, 1.165) is 29.6 Å². The summed E-state index contributed by atoms with van der Waals surface area (Å²) in [6.07, 6.45) is 9.12. The van der Waals surface area contributed by atoms with Gasteiger partial charge in [-0.2, -0.15) is 0 Å². The van der Waals surface area contributed by atoms with E-state index in [9.17, 15) is 4.79 Å². The summed E-state index contributed by atoms with van der Waals surface area (Å²) in [5.74, 6) is 1.40. The van der Waals surface area contributed by atoms with Crippen LogP contribution < -0.4 is 5.32 Å². The average Bonchev–Trinajstić information content (AvgIpc) is 3.48. The molecular weight excluding hydrogens is 426 g/mol. The molecule has 2 heterocycles. The second-order valence-electron chi connectivity index (χ2n) is 8.06. The Hall–Kier alpha value is -2.40. The number of hydrogen-bond donors (Lipinski definition) is 1. The number of benzene rings is 2. The van der Waals surface area contributed by atoms with Crippen LogP contribution in [0, 0.1) is 5.92 Å². The van der Waals surface area contributed by atoms with Gasteiger partial charge in [0, 0.05) is 34.9 Å². The number of nitrogens with one attached hydrogen (secondary N) is 1. The van der Waals surface area contributed by atoms with Crippen molar-refractivity contribution in [2.24, 2.45) is 5.92 Å². The molecule has 0 saturated heterocycles. The standard InChI is InChI=1S/C24H24BrN3O/c25-19-11-9-18(10-12-19)24(13-14-27-23(29)17-5-1-2-6-17)21-8-4-3-7-20(21)22-26-15-16-28(22)24/h3-4,7-12,15-17H,1-2,5-6,13-14H2,(H,27,29). The summed E-state index contributed by atoms with van der Waals surface area (Å²) >= 11 is 3.56. The zero-order chi connectivity index (χ0) is 19.8. The molecule has 1 saturated carbocycles. The third-order valence-electron chi connectivity index (χ3n) is 6.50. The summed E-state index contributed by atoms with van der Waals surface area (Å²) in [5, 5.41) is 3.23. The molecule has 1 atom stereocenters. The maximum atomic E-state index is 12.6. The second-order valence-corrected chi connectivity index (χ2v) is 8.97. The van der Waals surface area contributed by atoms with Crippen molar-refractivity contribution in [3.8, 4) is 11.4 Å². The summed E-state index contributed by atoms with van der Waals surface area (Å²) in [7, 11) is 0. The predicted molar refractivity (Wildman–Crippen MR) is 118 cm³/mol. The Morgan fingerprint density at radius 3 is 2.69 bits per heavy atom. The van der Waals surface area contributed by atoms with Gasteiger partial charge in [-0.1, -0.05) is 65.2 Å². The van der Waals surface area contributed by atoms with Crippen molar-refractivity contribution in [2.45, 2.75) is 37.6 Å². The van der Waals surface area contributed by atoms with Crippen molar-refractivity contribution in [2.75, 3.05) is 6.54 Å². The average molecular weight is 450 g/mol. The number of hydrogen-bond acceptors (Lipinski definition) is 2. The lowest BCUT2D eigenvalue weighted by atomic mass is 9.80. The van der Waals surface area contributed by atoms with E-state index in [4.69, 9.17) is 0 Å². The van der Waals surface area contributed by atoms with E-state index in [2.05, 4.69) is 85.5 Å². The molecule has 2 aromatic carbocycles. The van der Waals surface area contributed by atoms with Gasteiger partial charge in [0.2, 0.25) is 5.91 Å². The maximum Gasteiger partial charge on any atom is 0.223 e. The summed E-state index contributed by atoms with van der Waals surface area (Å²) in [4.78, 5) is 17.3. The largest absolute Gasteiger partial charge is 0.356 e. The molecule has 1 unspecified atom stereocenters. The molecule has 1 aliphatic carbocycles. The molecule has 0 radical (unpaired) electrons. The first kappa shape index (κ1) is 18.6. The molecule has 1 aromatic heterocycles. The number of aromatic nitrogens is 2. The van der Waals surface area contributed by atoms with Gasteiger partial charge in [-0.15, -0.1) is 0 Å². The first-order chi connectivity index (χ1) is 14.2. The van der Waals surface area contributed by atoms with Crippen LogP contribution >= 0.6 is 15.9 Å². The van der Waals surface area contributed by atoms with Crippen molar-refractivity contribution in [1.82, 2.24) is 14.9 Å². The van der Waals surface area contributed by atoms with E-state index in [1.54, 1.807) is 0 Å². The Morgan fingerprint density at radius 1 is 1.14 bits per heavy atom. The fourth-order valence-electron chi connectivity index (χ4n) is 5.10.